The van der Waals surface area contributed by atoms with Gasteiger partial charge in [-0.1, -0.05) is 26.8 Å². The molecular weight excluding hydrogens is 184 g/mol. The summed E-state index contributed by atoms with van der Waals surface area (Å²) in [5.74, 6) is 1.10. The van der Waals surface area contributed by atoms with Crippen LogP contribution in [0.4, 0.5) is 5.82 Å². The monoisotopic (exact) mass is 204 g/mol. The second kappa shape index (κ2) is 3.84. The highest BCUT2D eigenvalue weighted by atomic mass is 15.0. The zero-order valence-corrected chi connectivity index (χ0v) is 9.93. The van der Waals surface area contributed by atoms with Crippen LogP contribution < -0.4 is 5.32 Å². The molecule has 0 bridgehead atoms. The van der Waals surface area contributed by atoms with Crippen LogP contribution in [0.3, 0.4) is 0 Å². The fourth-order valence-electron chi connectivity index (χ4n) is 2.10. The van der Waals surface area contributed by atoms with Gasteiger partial charge in [0.15, 0.2) is 0 Å². The Bertz CT molecular complexity index is 350. The number of nitrogens with one attached hydrogen (secondary N) is 1. The molecule has 2 rings (SSSR count). The SMILES string of the molecule is CC(C)(C)Cc1cnc2c(c1)CCCN2. The summed E-state index contributed by atoms with van der Waals surface area (Å²) < 4.78 is 0. The minimum absolute atomic E-state index is 0.345. The van der Waals surface area contributed by atoms with E-state index >= 15 is 0 Å². The summed E-state index contributed by atoms with van der Waals surface area (Å²) in [7, 11) is 0. The molecule has 1 aromatic rings. The van der Waals surface area contributed by atoms with Crippen LogP contribution in [0.1, 0.15) is 38.3 Å². The summed E-state index contributed by atoms with van der Waals surface area (Å²) in [6.45, 7) is 7.87. The maximum atomic E-state index is 4.49. The van der Waals surface area contributed by atoms with Crippen LogP contribution in [0.25, 0.3) is 0 Å². The third kappa shape index (κ3) is 2.71. The van der Waals surface area contributed by atoms with E-state index in [1.807, 2.05) is 6.20 Å². The molecule has 2 heteroatoms. The first kappa shape index (κ1) is 10.5. The number of rotatable bonds is 1. The average molecular weight is 204 g/mol. The smallest absolute Gasteiger partial charge is 0.129 e. The predicted molar refractivity (Wildman–Crippen MR) is 64.2 cm³/mol. The highest BCUT2D eigenvalue weighted by Gasteiger charge is 2.14. The molecule has 1 aromatic heterocycles. The van der Waals surface area contributed by atoms with E-state index in [4.69, 9.17) is 0 Å². The summed E-state index contributed by atoms with van der Waals surface area (Å²) >= 11 is 0. The van der Waals surface area contributed by atoms with Crippen molar-refractivity contribution in [3.63, 3.8) is 0 Å². The van der Waals surface area contributed by atoms with Gasteiger partial charge in [0.2, 0.25) is 0 Å². The van der Waals surface area contributed by atoms with E-state index in [2.05, 4.69) is 37.1 Å². The number of nitrogens with zero attached hydrogens (tertiary/aromatic N) is 1. The lowest BCUT2D eigenvalue weighted by atomic mass is 9.88. The zero-order valence-electron chi connectivity index (χ0n) is 9.93. The van der Waals surface area contributed by atoms with Gasteiger partial charge in [-0.15, -0.1) is 0 Å². The van der Waals surface area contributed by atoms with Gasteiger partial charge in [0, 0.05) is 12.7 Å². The standard InChI is InChI=1S/C13H20N2/c1-13(2,3)8-10-7-11-5-4-6-14-12(11)15-9-10/h7,9H,4-6,8H2,1-3H3,(H,14,15). The molecule has 1 N–H and O–H groups in total. The van der Waals surface area contributed by atoms with E-state index in [1.165, 1.54) is 24.0 Å². The number of pyridine rings is 1. The van der Waals surface area contributed by atoms with E-state index in [0.717, 1.165) is 18.8 Å². The van der Waals surface area contributed by atoms with Crippen LogP contribution >= 0.6 is 0 Å². The highest BCUT2D eigenvalue weighted by Crippen LogP contribution is 2.24. The molecule has 2 nitrogen and oxygen atoms in total. The molecule has 0 unspecified atom stereocenters. The number of hydrogen-bond acceptors (Lipinski definition) is 2. The molecule has 0 amide bonds. The van der Waals surface area contributed by atoms with E-state index in [1.54, 1.807) is 0 Å². The Morgan fingerprint density at radius 3 is 2.93 bits per heavy atom. The minimum Gasteiger partial charge on any atom is -0.370 e. The van der Waals surface area contributed by atoms with Crippen LogP contribution in [0.5, 0.6) is 0 Å². The molecule has 0 radical (unpaired) electrons. The third-order valence-electron chi connectivity index (χ3n) is 2.67. The van der Waals surface area contributed by atoms with Gasteiger partial charge in [0.05, 0.1) is 0 Å². The molecule has 1 aliphatic rings. The van der Waals surface area contributed by atoms with Gasteiger partial charge in [-0.3, -0.25) is 0 Å². The lowest BCUT2D eigenvalue weighted by Crippen LogP contribution is -2.15. The van der Waals surface area contributed by atoms with E-state index in [9.17, 15) is 0 Å². The van der Waals surface area contributed by atoms with Gasteiger partial charge in [0.1, 0.15) is 5.82 Å². The Labute approximate surface area is 92.1 Å². The Morgan fingerprint density at radius 1 is 1.40 bits per heavy atom. The number of aromatic nitrogens is 1. The Kier molecular flexibility index (Phi) is 2.68. The Balaban J connectivity index is 2.21. The number of anilines is 1. The summed E-state index contributed by atoms with van der Waals surface area (Å²) in [6, 6.07) is 2.32. The first-order valence-electron chi connectivity index (χ1n) is 5.76. The average Bonchev–Trinajstić information content (AvgIpc) is 2.15. The number of hydrogen-bond donors (Lipinski definition) is 1. The first-order valence-corrected chi connectivity index (χ1v) is 5.76. The van der Waals surface area contributed by atoms with Gasteiger partial charge >= 0.3 is 0 Å². The molecule has 15 heavy (non-hydrogen) atoms. The first-order chi connectivity index (χ1) is 7.04. The normalized spacial score (nSPS) is 15.7. The summed E-state index contributed by atoms with van der Waals surface area (Å²) in [6.07, 6.45) is 5.52. The van der Waals surface area contributed by atoms with Crippen molar-refractivity contribution in [3.8, 4) is 0 Å². The van der Waals surface area contributed by atoms with Gasteiger partial charge in [0.25, 0.3) is 0 Å². The molecule has 0 aliphatic carbocycles. The van der Waals surface area contributed by atoms with Gasteiger partial charge < -0.3 is 5.32 Å². The van der Waals surface area contributed by atoms with Crippen molar-refractivity contribution in [2.24, 2.45) is 5.41 Å². The fraction of sp³-hybridized carbons (Fsp3) is 0.615. The molecule has 0 saturated carbocycles. The molecule has 0 atom stereocenters. The van der Waals surface area contributed by atoms with Gasteiger partial charge in [-0.05, 0) is 35.8 Å². The topological polar surface area (TPSA) is 24.9 Å². The molecule has 0 spiro atoms. The van der Waals surface area contributed by atoms with Crippen LogP contribution in [0.15, 0.2) is 12.3 Å². The highest BCUT2D eigenvalue weighted by molar-refractivity contribution is 5.47. The Hall–Kier alpha value is -1.05. The largest absolute Gasteiger partial charge is 0.370 e. The van der Waals surface area contributed by atoms with Crippen molar-refractivity contribution in [1.29, 1.82) is 0 Å². The second-order valence-corrected chi connectivity index (χ2v) is 5.62. The lowest BCUT2D eigenvalue weighted by Gasteiger charge is -2.21. The minimum atomic E-state index is 0.345. The summed E-state index contributed by atoms with van der Waals surface area (Å²) in [5, 5.41) is 3.34. The quantitative estimate of drug-likeness (QED) is 0.760. The number of aryl methyl sites for hydroxylation is 1. The third-order valence-corrected chi connectivity index (χ3v) is 2.67. The molecular formula is C13H20N2. The zero-order chi connectivity index (χ0) is 10.9. The van der Waals surface area contributed by atoms with Crippen molar-refractivity contribution in [2.45, 2.75) is 40.0 Å². The van der Waals surface area contributed by atoms with E-state index < -0.39 is 0 Å². The predicted octanol–water partition coefficient (Wildman–Crippen LogP) is 3.03. The molecule has 1 aliphatic heterocycles. The van der Waals surface area contributed by atoms with Crippen molar-refractivity contribution >= 4 is 5.82 Å². The fourth-order valence-corrected chi connectivity index (χ4v) is 2.10. The van der Waals surface area contributed by atoms with Crippen LogP contribution in [-0.4, -0.2) is 11.5 Å². The van der Waals surface area contributed by atoms with Crippen molar-refractivity contribution in [2.75, 3.05) is 11.9 Å². The van der Waals surface area contributed by atoms with Crippen LogP contribution in [0, 0.1) is 5.41 Å². The summed E-state index contributed by atoms with van der Waals surface area (Å²) in [5.41, 5.74) is 3.10. The van der Waals surface area contributed by atoms with Crippen molar-refractivity contribution < 1.29 is 0 Å². The molecule has 0 saturated heterocycles. The molecule has 0 fully saturated rings. The Morgan fingerprint density at radius 2 is 2.20 bits per heavy atom. The molecule has 82 valence electrons. The molecule has 0 aromatic carbocycles. The van der Waals surface area contributed by atoms with Gasteiger partial charge in [-0.2, -0.15) is 0 Å². The van der Waals surface area contributed by atoms with Crippen molar-refractivity contribution in [3.05, 3.63) is 23.4 Å². The van der Waals surface area contributed by atoms with Gasteiger partial charge in [-0.25, -0.2) is 4.98 Å². The molecule has 2 heterocycles. The van der Waals surface area contributed by atoms with E-state index in [0.29, 0.717) is 5.41 Å². The van der Waals surface area contributed by atoms with Crippen molar-refractivity contribution in [1.82, 2.24) is 4.98 Å². The van der Waals surface area contributed by atoms with E-state index in [-0.39, 0.29) is 0 Å². The maximum absolute atomic E-state index is 4.49. The maximum Gasteiger partial charge on any atom is 0.129 e. The second-order valence-electron chi connectivity index (χ2n) is 5.62. The lowest BCUT2D eigenvalue weighted by molar-refractivity contribution is 0.410. The number of fused-ring (bicyclic) bond motifs is 1. The van der Waals surface area contributed by atoms with Crippen LogP contribution in [-0.2, 0) is 12.8 Å². The van der Waals surface area contributed by atoms with Crippen LogP contribution in [0.2, 0.25) is 0 Å². The summed E-state index contributed by atoms with van der Waals surface area (Å²) in [4.78, 5) is 4.49.